The Bertz CT molecular complexity index is 467. The zero-order valence-electron chi connectivity index (χ0n) is 7.42. The first-order valence-corrected chi connectivity index (χ1v) is 5.30. The topological polar surface area (TPSA) is 12.9 Å². The molecule has 1 nitrogen and oxygen atoms in total. The molecule has 72 valence electrons. The molecule has 1 aromatic carbocycles. The Labute approximate surface area is 90.2 Å². The molecule has 0 fully saturated rings. The van der Waals surface area contributed by atoms with Gasteiger partial charge < -0.3 is 0 Å². The smallest absolute Gasteiger partial charge is 0.184 e. The van der Waals surface area contributed by atoms with Crippen LogP contribution in [0.25, 0.3) is 11.3 Å². The van der Waals surface area contributed by atoms with Crippen molar-refractivity contribution < 1.29 is 4.39 Å². The van der Waals surface area contributed by atoms with Crippen molar-refractivity contribution in [2.45, 2.75) is 6.92 Å². The lowest BCUT2D eigenvalue weighted by Crippen LogP contribution is -1.84. The third-order valence-corrected chi connectivity index (χ3v) is 2.92. The van der Waals surface area contributed by atoms with E-state index in [2.05, 4.69) is 4.98 Å². The summed E-state index contributed by atoms with van der Waals surface area (Å²) in [6.07, 6.45) is 0. The van der Waals surface area contributed by atoms with Crippen molar-refractivity contribution in [1.82, 2.24) is 4.98 Å². The number of halogens is 2. The van der Waals surface area contributed by atoms with Crippen LogP contribution in [-0.2, 0) is 0 Å². The third kappa shape index (κ3) is 1.79. The lowest BCUT2D eigenvalue weighted by atomic mass is 10.1. The van der Waals surface area contributed by atoms with Crippen LogP contribution in [-0.4, -0.2) is 4.98 Å². The fraction of sp³-hybridized carbons (Fsp3) is 0.100. The van der Waals surface area contributed by atoms with Crippen molar-refractivity contribution in [2.24, 2.45) is 0 Å². The second-order valence-electron chi connectivity index (χ2n) is 2.94. The molecule has 2 rings (SSSR count). The standard InChI is InChI=1S/C10H7ClFNS/c1-6-4-7(12)2-3-8(6)9-5-14-10(11)13-9/h2-5H,1H3. The normalized spacial score (nSPS) is 10.5. The van der Waals surface area contributed by atoms with E-state index in [1.807, 2.05) is 12.3 Å². The Balaban J connectivity index is 2.52. The summed E-state index contributed by atoms with van der Waals surface area (Å²) >= 11 is 7.10. The molecular formula is C10H7ClFNS. The summed E-state index contributed by atoms with van der Waals surface area (Å²) in [6, 6.07) is 4.63. The van der Waals surface area contributed by atoms with Crippen LogP contribution in [0.5, 0.6) is 0 Å². The summed E-state index contributed by atoms with van der Waals surface area (Å²) < 4.78 is 13.3. The number of aromatic nitrogens is 1. The van der Waals surface area contributed by atoms with E-state index in [9.17, 15) is 4.39 Å². The van der Waals surface area contributed by atoms with Gasteiger partial charge in [-0.05, 0) is 30.7 Å². The first-order chi connectivity index (χ1) is 6.66. The van der Waals surface area contributed by atoms with Gasteiger partial charge in [-0.15, -0.1) is 11.3 Å². The molecule has 0 saturated heterocycles. The van der Waals surface area contributed by atoms with Gasteiger partial charge in [0.05, 0.1) is 5.69 Å². The summed E-state index contributed by atoms with van der Waals surface area (Å²) in [5.74, 6) is -0.229. The fourth-order valence-electron chi connectivity index (χ4n) is 1.29. The molecule has 1 heterocycles. The Morgan fingerprint density at radius 3 is 2.79 bits per heavy atom. The van der Waals surface area contributed by atoms with Crippen LogP contribution >= 0.6 is 22.9 Å². The van der Waals surface area contributed by atoms with Gasteiger partial charge in [0.1, 0.15) is 5.82 Å². The second kappa shape index (κ2) is 3.67. The third-order valence-electron chi connectivity index (χ3n) is 1.94. The van der Waals surface area contributed by atoms with Crippen LogP contribution < -0.4 is 0 Å². The number of hydrogen-bond donors (Lipinski definition) is 0. The maximum absolute atomic E-state index is 12.8. The van der Waals surface area contributed by atoms with Crippen molar-refractivity contribution in [3.8, 4) is 11.3 Å². The molecule has 0 amide bonds. The zero-order valence-corrected chi connectivity index (χ0v) is 8.99. The second-order valence-corrected chi connectivity index (χ2v) is 4.39. The molecule has 14 heavy (non-hydrogen) atoms. The van der Waals surface area contributed by atoms with Gasteiger partial charge >= 0.3 is 0 Å². The molecule has 0 radical (unpaired) electrons. The molecule has 0 aliphatic heterocycles. The Hall–Kier alpha value is -0.930. The van der Waals surface area contributed by atoms with Gasteiger partial charge in [-0.2, -0.15) is 0 Å². The number of rotatable bonds is 1. The molecule has 0 unspecified atom stereocenters. The monoisotopic (exact) mass is 227 g/mol. The van der Waals surface area contributed by atoms with Crippen LogP contribution in [0, 0.1) is 12.7 Å². The Kier molecular flexibility index (Phi) is 2.52. The molecule has 2 aromatic rings. The number of hydrogen-bond acceptors (Lipinski definition) is 2. The van der Waals surface area contributed by atoms with E-state index in [4.69, 9.17) is 11.6 Å². The lowest BCUT2D eigenvalue weighted by molar-refractivity contribution is 0.627. The number of nitrogens with zero attached hydrogens (tertiary/aromatic N) is 1. The van der Waals surface area contributed by atoms with Crippen molar-refractivity contribution >= 4 is 22.9 Å². The van der Waals surface area contributed by atoms with E-state index in [1.54, 1.807) is 6.07 Å². The highest BCUT2D eigenvalue weighted by molar-refractivity contribution is 7.14. The molecule has 0 bridgehead atoms. The summed E-state index contributed by atoms with van der Waals surface area (Å²) in [7, 11) is 0. The van der Waals surface area contributed by atoms with Gasteiger partial charge in [0.25, 0.3) is 0 Å². The summed E-state index contributed by atoms with van der Waals surface area (Å²) in [5.41, 5.74) is 2.60. The minimum absolute atomic E-state index is 0.229. The molecule has 4 heteroatoms. The van der Waals surface area contributed by atoms with Crippen LogP contribution in [0.2, 0.25) is 4.47 Å². The molecular weight excluding hydrogens is 221 g/mol. The minimum atomic E-state index is -0.229. The molecule has 0 atom stereocenters. The first-order valence-electron chi connectivity index (χ1n) is 4.04. The van der Waals surface area contributed by atoms with E-state index in [-0.39, 0.29) is 5.82 Å². The van der Waals surface area contributed by atoms with Gasteiger partial charge in [0.2, 0.25) is 0 Å². The maximum atomic E-state index is 12.8. The quantitative estimate of drug-likeness (QED) is 0.720. The average molecular weight is 228 g/mol. The maximum Gasteiger partial charge on any atom is 0.184 e. The molecule has 0 spiro atoms. The number of thiazole rings is 1. The Morgan fingerprint density at radius 2 is 2.21 bits per heavy atom. The molecule has 0 aliphatic carbocycles. The van der Waals surface area contributed by atoms with E-state index in [1.165, 1.54) is 23.5 Å². The summed E-state index contributed by atoms with van der Waals surface area (Å²) in [6.45, 7) is 1.85. The van der Waals surface area contributed by atoms with Crippen molar-refractivity contribution in [1.29, 1.82) is 0 Å². The van der Waals surface area contributed by atoms with Gasteiger partial charge in [0, 0.05) is 10.9 Å². The lowest BCUT2D eigenvalue weighted by Gasteiger charge is -2.01. The SMILES string of the molecule is Cc1cc(F)ccc1-c1csc(Cl)n1. The van der Waals surface area contributed by atoms with Crippen LogP contribution in [0.3, 0.4) is 0 Å². The molecule has 0 aliphatic rings. The molecule has 0 saturated carbocycles. The fourth-order valence-corrected chi connectivity index (χ4v) is 2.05. The van der Waals surface area contributed by atoms with Crippen molar-refractivity contribution in [3.05, 3.63) is 39.4 Å². The highest BCUT2D eigenvalue weighted by Gasteiger charge is 2.06. The van der Waals surface area contributed by atoms with Crippen molar-refractivity contribution in [3.63, 3.8) is 0 Å². The number of aryl methyl sites for hydroxylation is 1. The van der Waals surface area contributed by atoms with E-state index in [0.29, 0.717) is 4.47 Å². The van der Waals surface area contributed by atoms with Gasteiger partial charge in [-0.3, -0.25) is 0 Å². The van der Waals surface area contributed by atoms with E-state index >= 15 is 0 Å². The first kappa shape index (κ1) is 9.62. The minimum Gasteiger partial charge on any atom is -0.225 e. The predicted molar refractivity (Wildman–Crippen MR) is 57.3 cm³/mol. The zero-order chi connectivity index (χ0) is 10.1. The van der Waals surface area contributed by atoms with Gasteiger partial charge in [-0.1, -0.05) is 11.6 Å². The van der Waals surface area contributed by atoms with Crippen LogP contribution in [0.4, 0.5) is 4.39 Å². The van der Waals surface area contributed by atoms with Gasteiger partial charge in [0.15, 0.2) is 4.47 Å². The highest BCUT2D eigenvalue weighted by atomic mass is 35.5. The molecule has 0 N–H and O–H groups in total. The average Bonchev–Trinajstić information content (AvgIpc) is 2.51. The summed E-state index contributed by atoms with van der Waals surface area (Å²) in [5, 5.41) is 1.86. The van der Waals surface area contributed by atoms with E-state index < -0.39 is 0 Å². The largest absolute Gasteiger partial charge is 0.225 e. The van der Waals surface area contributed by atoms with Crippen LogP contribution in [0.1, 0.15) is 5.56 Å². The van der Waals surface area contributed by atoms with E-state index in [0.717, 1.165) is 16.8 Å². The van der Waals surface area contributed by atoms with Gasteiger partial charge in [-0.25, -0.2) is 9.37 Å². The summed E-state index contributed by atoms with van der Waals surface area (Å²) in [4.78, 5) is 4.13. The highest BCUT2D eigenvalue weighted by Crippen LogP contribution is 2.27. The predicted octanol–water partition coefficient (Wildman–Crippen LogP) is 3.91. The van der Waals surface area contributed by atoms with Crippen molar-refractivity contribution in [2.75, 3.05) is 0 Å². The van der Waals surface area contributed by atoms with Crippen LogP contribution in [0.15, 0.2) is 23.6 Å². The molecule has 1 aromatic heterocycles. The Morgan fingerprint density at radius 1 is 1.43 bits per heavy atom. The number of benzene rings is 1.